The number of para-hydroxylation sites is 1. The molecule has 2 aromatic carbocycles. The molecule has 2 N–H and O–H groups in total. The molecule has 4 rings (SSSR count). The lowest BCUT2D eigenvalue weighted by molar-refractivity contribution is -0.128. The van der Waals surface area contributed by atoms with Crippen LogP contribution in [0.4, 0.5) is 0 Å². The number of hydrogen-bond donors (Lipinski definition) is 2. The number of carbonyl (C=O) groups is 3. The molecule has 156 valence electrons. The number of nitrogens with zero attached hydrogens (tertiary/aromatic N) is 1. The van der Waals surface area contributed by atoms with Gasteiger partial charge in [-0.05, 0) is 31.0 Å². The van der Waals surface area contributed by atoms with E-state index in [1.807, 2.05) is 42.5 Å². The predicted molar refractivity (Wildman–Crippen MR) is 111 cm³/mol. The van der Waals surface area contributed by atoms with E-state index in [0.29, 0.717) is 43.8 Å². The van der Waals surface area contributed by atoms with Crippen molar-refractivity contribution in [3.05, 3.63) is 65.7 Å². The molecule has 2 saturated heterocycles. The van der Waals surface area contributed by atoms with Gasteiger partial charge in [0.1, 0.15) is 11.8 Å². The molecule has 0 bridgehead atoms. The van der Waals surface area contributed by atoms with Crippen molar-refractivity contribution in [3.63, 3.8) is 0 Å². The van der Waals surface area contributed by atoms with E-state index in [1.165, 1.54) is 0 Å². The first kappa shape index (κ1) is 19.9. The number of likely N-dealkylation sites (tertiary alicyclic amines) is 1. The molecule has 30 heavy (non-hydrogen) atoms. The van der Waals surface area contributed by atoms with Crippen molar-refractivity contribution in [2.45, 2.75) is 25.4 Å². The molecule has 1 spiro atoms. The third-order valence-corrected chi connectivity index (χ3v) is 6.01. The van der Waals surface area contributed by atoms with Crippen molar-refractivity contribution in [3.8, 4) is 5.75 Å². The van der Waals surface area contributed by atoms with Gasteiger partial charge in [-0.1, -0.05) is 36.4 Å². The molecule has 2 aliphatic heterocycles. The van der Waals surface area contributed by atoms with Crippen LogP contribution in [-0.4, -0.2) is 48.9 Å². The number of ether oxygens (including phenoxy) is 1. The van der Waals surface area contributed by atoms with Crippen molar-refractivity contribution in [2.24, 2.45) is 5.41 Å². The Labute approximate surface area is 175 Å². The first-order valence-corrected chi connectivity index (χ1v) is 10.1. The molecule has 0 aliphatic carbocycles. The van der Waals surface area contributed by atoms with Gasteiger partial charge in [0.15, 0.2) is 0 Å². The summed E-state index contributed by atoms with van der Waals surface area (Å²) in [4.78, 5) is 39.9. The molecule has 2 fully saturated rings. The number of hydrogen-bond acceptors (Lipinski definition) is 4. The minimum Gasteiger partial charge on any atom is -0.496 e. The van der Waals surface area contributed by atoms with Crippen molar-refractivity contribution in [1.29, 1.82) is 0 Å². The summed E-state index contributed by atoms with van der Waals surface area (Å²) in [6.07, 6.45) is 0.954. The van der Waals surface area contributed by atoms with Gasteiger partial charge in [0.25, 0.3) is 5.91 Å². The Balaban J connectivity index is 1.38. The van der Waals surface area contributed by atoms with Crippen molar-refractivity contribution in [2.75, 3.05) is 20.2 Å². The van der Waals surface area contributed by atoms with Crippen LogP contribution >= 0.6 is 0 Å². The van der Waals surface area contributed by atoms with Crippen LogP contribution in [0.3, 0.4) is 0 Å². The van der Waals surface area contributed by atoms with Gasteiger partial charge in [-0.2, -0.15) is 0 Å². The Kier molecular flexibility index (Phi) is 5.44. The lowest BCUT2D eigenvalue weighted by atomic mass is 9.84. The summed E-state index contributed by atoms with van der Waals surface area (Å²) in [5.74, 6) is 0.252. The predicted octanol–water partition coefficient (Wildman–Crippen LogP) is 1.73. The number of rotatable bonds is 5. The minimum absolute atomic E-state index is 0.0793. The highest BCUT2D eigenvalue weighted by Crippen LogP contribution is 2.40. The van der Waals surface area contributed by atoms with E-state index in [-0.39, 0.29) is 17.7 Å². The van der Waals surface area contributed by atoms with Crippen LogP contribution in [-0.2, 0) is 16.1 Å². The van der Waals surface area contributed by atoms with E-state index in [4.69, 9.17) is 4.74 Å². The summed E-state index contributed by atoms with van der Waals surface area (Å²) in [7, 11) is 1.59. The Bertz CT molecular complexity index is 962. The highest BCUT2D eigenvalue weighted by molar-refractivity contribution is 5.97. The summed E-state index contributed by atoms with van der Waals surface area (Å²) in [5.41, 5.74) is 0.781. The van der Waals surface area contributed by atoms with Gasteiger partial charge in [-0.15, -0.1) is 0 Å². The summed E-state index contributed by atoms with van der Waals surface area (Å²) in [6.45, 7) is 1.17. The van der Waals surface area contributed by atoms with Gasteiger partial charge in [-0.3, -0.25) is 14.4 Å². The molecule has 2 atom stereocenters. The van der Waals surface area contributed by atoms with Gasteiger partial charge >= 0.3 is 0 Å². The van der Waals surface area contributed by atoms with E-state index in [0.717, 1.165) is 5.56 Å². The fraction of sp³-hybridized carbons (Fsp3) is 0.348. The lowest BCUT2D eigenvalue weighted by Gasteiger charge is -2.21. The summed E-state index contributed by atoms with van der Waals surface area (Å²) < 4.78 is 5.31. The van der Waals surface area contributed by atoms with Crippen molar-refractivity contribution in [1.82, 2.24) is 15.5 Å². The third-order valence-electron chi connectivity index (χ3n) is 6.01. The second-order valence-electron chi connectivity index (χ2n) is 7.88. The molecule has 0 aromatic heterocycles. The molecule has 2 heterocycles. The number of amides is 3. The number of carbonyl (C=O) groups excluding carboxylic acids is 3. The maximum absolute atomic E-state index is 12.7. The van der Waals surface area contributed by atoms with Crippen LogP contribution in [0.1, 0.15) is 28.8 Å². The maximum atomic E-state index is 12.7. The summed E-state index contributed by atoms with van der Waals surface area (Å²) in [6, 6.07) is 15.9. The molecule has 7 nitrogen and oxygen atoms in total. The topological polar surface area (TPSA) is 87.7 Å². The minimum atomic E-state index is -0.698. The molecule has 7 heteroatoms. The Morgan fingerprint density at radius 2 is 1.90 bits per heavy atom. The molecule has 2 aliphatic rings. The molecule has 2 aromatic rings. The summed E-state index contributed by atoms with van der Waals surface area (Å²) in [5, 5.41) is 5.72. The van der Waals surface area contributed by atoms with Crippen LogP contribution in [0.25, 0.3) is 0 Å². The van der Waals surface area contributed by atoms with Crippen LogP contribution in [0, 0.1) is 5.41 Å². The smallest absolute Gasteiger partial charge is 0.253 e. The molecule has 3 amide bonds. The Morgan fingerprint density at radius 3 is 2.67 bits per heavy atom. The zero-order valence-electron chi connectivity index (χ0n) is 16.9. The lowest BCUT2D eigenvalue weighted by Crippen LogP contribution is -2.41. The van der Waals surface area contributed by atoms with Crippen LogP contribution in [0.2, 0.25) is 0 Å². The van der Waals surface area contributed by atoms with Gasteiger partial charge < -0.3 is 20.3 Å². The van der Waals surface area contributed by atoms with Crippen molar-refractivity contribution >= 4 is 17.7 Å². The monoisotopic (exact) mass is 407 g/mol. The molecular formula is C23H25N3O4. The van der Waals surface area contributed by atoms with Gasteiger partial charge in [0, 0.05) is 30.8 Å². The van der Waals surface area contributed by atoms with E-state index in [9.17, 15) is 14.4 Å². The second-order valence-corrected chi connectivity index (χ2v) is 7.88. The van der Waals surface area contributed by atoms with Crippen molar-refractivity contribution < 1.29 is 19.1 Å². The van der Waals surface area contributed by atoms with E-state index in [1.54, 1.807) is 24.1 Å². The van der Waals surface area contributed by atoms with Crippen LogP contribution in [0.5, 0.6) is 5.75 Å². The molecule has 0 unspecified atom stereocenters. The fourth-order valence-electron chi connectivity index (χ4n) is 4.32. The Hall–Kier alpha value is -3.35. The number of benzene rings is 2. The van der Waals surface area contributed by atoms with Gasteiger partial charge in [0.2, 0.25) is 11.8 Å². The molecular weight excluding hydrogens is 382 g/mol. The van der Waals surface area contributed by atoms with Gasteiger partial charge in [-0.25, -0.2) is 0 Å². The van der Waals surface area contributed by atoms with Gasteiger partial charge in [0.05, 0.1) is 12.5 Å². The maximum Gasteiger partial charge on any atom is 0.253 e. The molecule has 0 saturated carbocycles. The summed E-state index contributed by atoms with van der Waals surface area (Å²) >= 11 is 0. The van der Waals surface area contributed by atoms with Crippen LogP contribution in [0.15, 0.2) is 54.6 Å². The Morgan fingerprint density at radius 1 is 1.17 bits per heavy atom. The second kappa shape index (κ2) is 8.18. The quantitative estimate of drug-likeness (QED) is 0.790. The van der Waals surface area contributed by atoms with E-state index < -0.39 is 11.5 Å². The molecule has 0 radical (unpaired) electrons. The van der Waals surface area contributed by atoms with Crippen LogP contribution < -0.4 is 15.4 Å². The standard InChI is InChI=1S/C23H25N3O4/c1-30-19-10-6-5-9-17(19)14-24-20(27)18-13-23(22(29)25-18)11-12-26(15-23)21(28)16-7-3-2-4-8-16/h2-10,18H,11-15H2,1H3,(H,24,27)(H,25,29)/t18-,23-/m0/s1. The number of nitrogens with one attached hydrogen (secondary N) is 2. The highest BCUT2D eigenvalue weighted by Gasteiger charge is 2.53. The third kappa shape index (κ3) is 3.75. The first-order chi connectivity index (χ1) is 14.5. The number of methoxy groups -OCH3 is 1. The average molecular weight is 407 g/mol. The SMILES string of the molecule is COc1ccccc1CNC(=O)[C@@H]1C[C@]2(CCN(C(=O)c3ccccc3)C2)C(=O)N1. The highest BCUT2D eigenvalue weighted by atomic mass is 16.5. The van der Waals surface area contributed by atoms with E-state index in [2.05, 4.69) is 10.6 Å². The first-order valence-electron chi connectivity index (χ1n) is 10.1. The normalized spacial score (nSPS) is 22.8. The zero-order valence-corrected chi connectivity index (χ0v) is 16.9. The fourth-order valence-corrected chi connectivity index (χ4v) is 4.32. The van der Waals surface area contributed by atoms with E-state index >= 15 is 0 Å². The largest absolute Gasteiger partial charge is 0.496 e. The average Bonchev–Trinajstić information content (AvgIpc) is 3.36. The zero-order chi connectivity index (χ0) is 21.1.